The van der Waals surface area contributed by atoms with E-state index in [1.807, 2.05) is 42.5 Å². The second-order valence-electron chi connectivity index (χ2n) is 9.28. The number of benzene rings is 2. The maximum Gasteiger partial charge on any atom is 0.237 e. The van der Waals surface area contributed by atoms with Crippen LogP contribution in [0.3, 0.4) is 0 Å². The SMILES string of the molecule is O=C(NC1CCC(O)CC1)[C@@H]1NC[C@@]2(C(=O)Nc3cc(Cl)ccc32)[C@H]1Cc1ccccc1. The highest BCUT2D eigenvalue weighted by atomic mass is 35.5. The van der Waals surface area contributed by atoms with E-state index in [1.54, 1.807) is 6.07 Å². The van der Waals surface area contributed by atoms with Gasteiger partial charge >= 0.3 is 0 Å². The molecule has 7 heteroatoms. The molecule has 5 rings (SSSR count). The third-order valence-electron chi connectivity index (χ3n) is 7.38. The topological polar surface area (TPSA) is 90.5 Å². The molecular formula is C25H28ClN3O3. The van der Waals surface area contributed by atoms with Gasteiger partial charge in [0.2, 0.25) is 11.8 Å². The Morgan fingerprint density at radius 3 is 2.62 bits per heavy atom. The maximum absolute atomic E-state index is 13.4. The Labute approximate surface area is 192 Å². The average Bonchev–Trinajstić information content (AvgIpc) is 3.29. The summed E-state index contributed by atoms with van der Waals surface area (Å²) in [6.45, 7) is 0.395. The lowest BCUT2D eigenvalue weighted by Crippen LogP contribution is -2.51. The van der Waals surface area contributed by atoms with E-state index in [0.29, 0.717) is 30.8 Å². The first-order chi connectivity index (χ1) is 15.5. The lowest BCUT2D eigenvalue weighted by Gasteiger charge is -2.32. The molecule has 0 unspecified atom stereocenters. The Hall–Kier alpha value is -2.41. The quantitative estimate of drug-likeness (QED) is 0.573. The highest BCUT2D eigenvalue weighted by Gasteiger charge is 2.59. The summed E-state index contributed by atoms with van der Waals surface area (Å²) in [4.78, 5) is 26.8. The summed E-state index contributed by atoms with van der Waals surface area (Å²) < 4.78 is 0. The summed E-state index contributed by atoms with van der Waals surface area (Å²) in [7, 11) is 0. The largest absolute Gasteiger partial charge is 0.393 e. The van der Waals surface area contributed by atoms with Crippen molar-refractivity contribution in [3.63, 3.8) is 0 Å². The minimum Gasteiger partial charge on any atom is -0.393 e. The van der Waals surface area contributed by atoms with Crippen molar-refractivity contribution in [2.24, 2.45) is 5.92 Å². The Morgan fingerprint density at radius 1 is 1.12 bits per heavy atom. The van der Waals surface area contributed by atoms with Gasteiger partial charge in [-0.15, -0.1) is 0 Å². The van der Waals surface area contributed by atoms with E-state index in [1.165, 1.54) is 0 Å². The van der Waals surface area contributed by atoms with Gasteiger partial charge in [0, 0.05) is 29.2 Å². The molecule has 3 aliphatic rings. The van der Waals surface area contributed by atoms with Crippen LogP contribution in [0, 0.1) is 5.92 Å². The van der Waals surface area contributed by atoms with Crippen LogP contribution < -0.4 is 16.0 Å². The number of carbonyl (C=O) groups excluding carboxylic acids is 2. The fourth-order valence-corrected chi connectivity index (χ4v) is 5.86. The first-order valence-electron chi connectivity index (χ1n) is 11.3. The lowest BCUT2D eigenvalue weighted by molar-refractivity contribution is -0.126. The lowest BCUT2D eigenvalue weighted by atomic mass is 9.68. The molecule has 4 N–H and O–H groups in total. The second-order valence-corrected chi connectivity index (χ2v) is 9.72. The highest BCUT2D eigenvalue weighted by molar-refractivity contribution is 6.31. The van der Waals surface area contributed by atoms with Crippen molar-refractivity contribution in [2.75, 3.05) is 11.9 Å². The van der Waals surface area contributed by atoms with E-state index < -0.39 is 11.5 Å². The Balaban J connectivity index is 1.47. The molecule has 3 atom stereocenters. The number of hydrogen-bond donors (Lipinski definition) is 4. The van der Waals surface area contributed by atoms with Gasteiger partial charge in [0.25, 0.3) is 0 Å². The summed E-state index contributed by atoms with van der Waals surface area (Å²) in [6, 6.07) is 15.1. The third kappa shape index (κ3) is 3.70. The van der Waals surface area contributed by atoms with E-state index in [9.17, 15) is 14.7 Å². The Bertz CT molecular complexity index is 1020. The number of amides is 2. The molecule has 2 amide bonds. The van der Waals surface area contributed by atoms with Crippen LogP contribution in [0.5, 0.6) is 0 Å². The molecule has 2 aromatic rings. The van der Waals surface area contributed by atoms with E-state index >= 15 is 0 Å². The van der Waals surface area contributed by atoms with Gasteiger partial charge in [-0.3, -0.25) is 9.59 Å². The monoisotopic (exact) mass is 453 g/mol. The Kier molecular flexibility index (Phi) is 5.70. The van der Waals surface area contributed by atoms with Gasteiger partial charge in [-0.1, -0.05) is 48.0 Å². The number of carbonyl (C=O) groups is 2. The van der Waals surface area contributed by atoms with Crippen LogP contribution in [0.15, 0.2) is 48.5 Å². The zero-order chi connectivity index (χ0) is 22.3. The van der Waals surface area contributed by atoms with Gasteiger partial charge in [-0.25, -0.2) is 0 Å². The predicted octanol–water partition coefficient (Wildman–Crippen LogP) is 2.78. The number of rotatable bonds is 4. The number of hydrogen-bond acceptors (Lipinski definition) is 4. The van der Waals surface area contributed by atoms with Gasteiger partial charge in [-0.2, -0.15) is 0 Å². The van der Waals surface area contributed by atoms with Crippen molar-refractivity contribution in [3.05, 3.63) is 64.7 Å². The molecule has 1 spiro atoms. The van der Waals surface area contributed by atoms with Crippen LogP contribution in [-0.4, -0.2) is 41.7 Å². The molecule has 2 aliphatic heterocycles. The molecule has 2 heterocycles. The smallest absolute Gasteiger partial charge is 0.237 e. The molecule has 1 saturated carbocycles. The molecule has 32 heavy (non-hydrogen) atoms. The van der Waals surface area contributed by atoms with Gasteiger partial charge in [-0.05, 0) is 55.4 Å². The molecule has 1 saturated heterocycles. The van der Waals surface area contributed by atoms with Crippen LogP contribution in [0.4, 0.5) is 5.69 Å². The third-order valence-corrected chi connectivity index (χ3v) is 7.61. The number of aliphatic hydroxyl groups excluding tert-OH is 1. The average molecular weight is 454 g/mol. The fraction of sp³-hybridized carbons (Fsp3) is 0.440. The van der Waals surface area contributed by atoms with Crippen LogP contribution in [0.2, 0.25) is 5.02 Å². The van der Waals surface area contributed by atoms with Crippen molar-refractivity contribution < 1.29 is 14.7 Å². The van der Waals surface area contributed by atoms with E-state index in [0.717, 1.165) is 29.7 Å². The number of fused-ring (bicyclic) bond motifs is 2. The zero-order valence-corrected chi connectivity index (χ0v) is 18.6. The summed E-state index contributed by atoms with van der Waals surface area (Å²) in [5.41, 5.74) is 1.89. The number of nitrogens with one attached hydrogen (secondary N) is 3. The standard InChI is InChI=1S/C25H28ClN3O3/c26-16-6-11-19-21(13-16)29-24(32)25(19)14-27-22(20(25)12-15-4-2-1-3-5-15)23(31)28-17-7-9-18(30)10-8-17/h1-6,11,13,17-18,20,22,27,30H,7-10,12,14H2,(H,28,31)(H,29,32)/t17?,18?,20-,22+,25-/m0/s1. The molecule has 6 nitrogen and oxygen atoms in total. The maximum atomic E-state index is 13.4. The van der Waals surface area contributed by atoms with Crippen LogP contribution in [0.1, 0.15) is 36.8 Å². The highest BCUT2D eigenvalue weighted by Crippen LogP contribution is 2.48. The molecule has 0 bridgehead atoms. The first kappa shape index (κ1) is 21.4. The van der Waals surface area contributed by atoms with E-state index in [4.69, 9.17) is 11.6 Å². The van der Waals surface area contributed by atoms with Crippen molar-refractivity contribution in [1.29, 1.82) is 0 Å². The Morgan fingerprint density at radius 2 is 1.88 bits per heavy atom. The van der Waals surface area contributed by atoms with Gasteiger partial charge in [0.1, 0.15) is 0 Å². The minimum absolute atomic E-state index is 0.0603. The number of halogens is 1. The fourth-order valence-electron chi connectivity index (χ4n) is 5.68. The summed E-state index contributed by atoms with van der Waals surface area (Å²) >= 11 is 6.18. The zero-order valence-electron chi connectivity index (χ0n) is 17.8. The molecule has 0 radical (unpaired) electrons. The van der Waals surface area contributed by atoms with Crippen LogP contribution >= 0.6 is 11.6 Å². The minimum atomic E-state index is -0.833. The molecule has 2 fully saturated rings. The molecule has 0 aromatic heterocycles. The number of aliphatic hydroxyl groups is 1. The van der Waals surface area contributed by atoms with Crippen molar-refractivity contribution in [1.82, 2.24) is 10.6 Å². The normalized spacial score (nSPS) is 31.4. The van der Waals surface area contributed by atoms with Crippen molar-refractivity contribution in [2.45, 2.75) is 55.7 Å². The van der Waals surface area contributed by atoms with Gasteiger partial charge < -0.3 is 21.1 Å². The van der Waals surface area contributed by atoms with Gasteiger partial charge in [0.15, 0.2) is 0 Å². The second kappa shape index (κ2) is 8.50. The van der Waals surface area contributed by atoms with Crippen molar-refractivity contribution >= 4 is 29.1 Å². The number of anilines is 1. The van der Waals surface area contributed by atoms with Crippen LogP contribution in [-0.2, 0) is 21.4 Å². The summed E-state index contributed by atoms with van der Waals surface area (Å²) in [5.74, 6) is -0.403. The predicted molar refractivity (Wildman–Crippen MR) is 124 cm³/mol. The molecular weight excluding hydrogens is 426 g/mol. The first-order valence-corrected chi connectivity index (χ1v) is 11.7. The molecule has 1 aliphatic carbocycles. The van der Waals surface area contributed by atoms with Gasteiger partial charge in [0.05, 0.1) is 17.6 Å². The summed E-state index contributed by atoms with van der Waals surface area (Å²) in [5, 5.41) is 19.9. The van der Waals surface area contributed by atoms with E-state index in [-0.39, 0.29) is 29.9 Å². The molecule has 2 aromatic carbocycles. The summed E-state index contributed by atoms with van der Waals surface area (Å²) in [6.07, 6.45) is 3.29. The van der Waals surface area contributed by atoms with E-state index in [2.05, 4.69) is 16.0 Å². The van der Waals surface area contributed by atoms with Crippen molar-refractivity contribution in [3.8, 4) is 0 Å². The molecule has 168 valence electrons. The van der Waals surface area contributed by atoms with Crippen LogP contribution in [0.25, 0.3) is 0 Å².